The summed E-state index contributed by atoms with van der Waals surface area (Å²) in [5.41, 5.74) is 0.471. The lowest BCUT2D eigenvalue weighted by Crippen LogP contribution is -2.26. The van der Waals surface area contributed by atoms with Crippen molar-refractivity contribution in [3.05, 3.63) is 12.3 Å². The smallest absolute Gasteiger partial charge is 0.211 e. The van der Waals surface area contributed by atoms with Crippen molar-refractivity contribution in [1.82, 2.24) is 15.1 Å². The van der Waals surface area contributed by atoms with E-state index in [4.69, 9.17) is 4.74 Å². The van der Waals surface area contributed by atoms with Crippen molar-refractivity contribution in [1.29, 1.82) is 0 Å². The minimum Gasteiger partial charge on any atom is -0.477 e. The van der Waals surface area contributed by atoms with Crippen molar-refractivity contribution >= 4 is 0 Å². The molecule has 1 saturated carbocycles. The molecule has 1 N–H and O–H groups in total. The van der Waals surface area contributed by atoms with Gasteiger partial charge in [0.1, 0.15) is 0 Å². The van der Waals surface area contributed by atoms with Crippen molar-refractivity contribution in [2.75, 3.05) is 20.7 Å². The van der Waals surface area contributed by atoms with Crippen LogP contribution in [0.2, 0.25) is 0 Å². The monoisotopic (exact) mass is 195 g/mol. The maximum Gasteiger partial charge on any atom is 0.211 e. The van der Waals surface area contributed by atoms with Gasteiger partial charge in [0, 0.05) is 11.5 Å². The van der Waals surface area contributed by atoms with Crippen molar-refractivity contribution in [2.45, 2.75) is 19.4 Å². The number of nitrogens with zero attached hydrogens (tertiary/aromatic N) is 2. The van der Waals surface area contributed by atoms with Gasteiger partial charge in [0.2, 0.25) is 5.88 Å². The zero-order valence-electron chi connectivity index (χ0n) is 8.79. The predicted molar refractivity (Wildman–Crippen MR) is 54.4 cm³/mol. The first-order chi connectivity index (χ1) is 6.79. The number of nitrogens with one attached hydrogen (secondary N) is 1. The van der Waals surface area contributed by atoms with Gasteiger partial charge >= 0.3 is 0 Å². The van der Waals surface area contributed by atoms with Crippen LogP contribution < -0.4 is 10.1 Å². The van der Waals surface area contributed by atoms with E-state index in [0.29, 0.717) is 5.41 Å². The molecular formula is C10H17N3O. The molecule has 0 radical (unpaired) electrons. The van der Waals surface area contributed by atoms with Crippen molar-refractivity contribution in [2.24, 2.45) is 5.41 Å². The second-order valence-electron chi connectivity index (χ2n) is 4.12. The van der Waals surface area contributed by atoms with Gasteiger partial charge in [0.25, 0.3) is 0 Å². The summed E-state index contributed by atoms with van der Waals surface area (Å²) in [5.74, 6) is 0.933. The Balaban J connectivity index is 0.000000226. The van der Waals surface area contributed by atoms with E-state index in [9.17, 15) is 0 Å². The molecule has 2 heterocycles. The highest BCUT2D eigenvalue weighted by atomic mass is 16.5. The predicted octanol–water partition coefficient (Wildman–Crippen LogP) is 0.891. The fourth-order valence-electron chi connectivity index (χ4n) is 1.63. The molecule has 0 saturated heterocycles. The van der Waals surface area contributed by atoms with E-state index in [1.165, 1.54) is 12.8 Å². The first-order valence-electron chi connectivity index (χ1n) is 5.03. The molecule has 0 atom stereocenters. The van der Waals surface area contributed by atoms with Gasteiger partial charge < -0.3 is 10.1 Å². The van der Waals surface area contributed by atoms with Gasteiger partial charge in [-0.15, -0.1) is 0 Å². The molecule has 1 aliphatic heterocycles. The fourth-order valence-corrected chi connectivity index (χ4v) is 1.63. The first kappa shape index (κ1) is 9.52. The van der Waals surface area contributed by atoms with Crippen LogP contribution in [-0.4, -0.2) is 30.5 Å². The van der Waals surface area contributed by atoms with Crippen LogP contribution in [0.15, 0.2) is 12.3 Å². The molecule has 2 aliphatic rings. The van der Waals surface area contributed by atoms with E-state index in [1.54, 1.807) is 6.20 Å². The SMILES string of the molecule is CNC.c1cc2n(n1)CC1(CC1)CO2. The number of aromatic nitrogens is 2. The molecule has 4 heteroatoms. The van der Waals surface area contributed by atoms with Gasteiger partial charge in [-0.3, -0.25) is 0 Å². The van der Waals surface area contributed by atoms with E-state index in [1.807, 2.05) is 24.8 Å². The Morgan fingerprint density at radius 3 is 2.86 bits per heavy atom. The largest absolute Gasteiger partial charge is 0.477 e. The average Bonchev–Trinajstić information content (AvgIpc) is 2.77. The molecule has 0 unspecified atom stereocenters. The molecule has 0 bridgehead atoms. The highest BCUT2D eigenvalue weighted by molar-refractivity contribution is 5.13. The number of fused-ring (bicyclic) bond motifs is 1. The fraction of sp³-hybridized carbons (Fsp3) is 0.700. The Labute approximate surface area is 84.3 Å². The van der Waals surface area contributed by atoms with Crippen LogP contribution in [0.5, 0.6) is 5.88 Å². The Bertz CT molecular complexity index is 304. The zero-order valence-corrected chi connectivity index (χ0v) is 8.79. The Kier molecular flexibility index (Phi) is 2.46. The third kappa shape index (κ3) is 1.75. The second kappa shape index (κ2) is 3.61. The summed E-state index contributed by atoms with van der Waals surface area (Å²) in [6, 6.07) is 1.93. The lowest BCUT2D eigenvalue weighted by molar-refractivity contribution is 0.148. The zero-order chi connectivity index (χ0) is 10.0. The van der Waals surface area contributed by atoms with Gasteiger partial charge in [-0.05, 0) is 26.9 Å². The third-order valence-corrected chi connectivity index (χ3v) is 2.65. The molecule has 3 rings (SSSR count). The number of rotatable bonds is 0. The van der Waals surface area contributed by atoms with Crippen LogP contribution >= 0.6 is 0 Å². The minimum absolute atomic E-state index is 0.471. The first-order valence-corrected chi connectivity index (χ1v) is 5.03. The summed E-state index contributed by atoms with van der Waals surface area (Å²) in [7, 11) is 3.75. The molecule has 1 aromatic heterocycles. The standard InChI is InChI=1S/C8H10N2O.C2H7N/c1-4-9-10-5-8(2-3-8)6-11-7(1)10;1-3-2/h1,4H,2-3,5-6H2;3H,1-2H3. The van der Waals surface area contributed by atoms with Crippen LogP contribution in [0.4, 0.5) is 0 Å². The number of hydrogen-bond acceptors (Lipinski definition) is 3. The summed E-state index contributed by atoms with van der Waals surface area (Å²) < 4.78 is 7.51. The van der Waals surface area contributed by atoms with Crippen LogP contribution in [0.1, 0.15) is 12.8 Å². The third-order valence-electron chi connectivity index (χ3n) is 2.65. The van der Waals surface area contributed by atoms with Crippen LogP contribution in [-0.2, 0) is 6.54 Å². The second-order valence-corrected chi connectivity index (χ2v) is 4.12. The number of ether oxygens (including phenoxy) is 1. The minimum atomic E-state index is 0.471. The Hall–Kier alpha value is -1.03. The Morgan fingerprint density at radius 2 is 2.21 bits per heavy atom. The van der Waals surface area contributed by atoms with Gasteiger partial charge in [-0.25, -0.2) is 4.68 Å². The molecule has 1 aromatic rings. The summed E-state index contributed by atoms with van der Waals surface area (Å²) in [6.45, 7) is 1.97. The summed E-state index contributed by atoms with van der Waals surface area (Å²) in [4.78, 5) is 0. The van der Waals surface area contributed by atoms with E-state index in [-0.39, 0.29) is 0 Å². The van der Waals surface area contributed by atoms with Crippen molar-refractivity contribution < 1.29 is 4.74 Å². The van der Waals surface area contributed by atoms with Gasteiger partial charge in [-0.2, -0.15) is 5.10 Å². The van der Waals surface area contributed by atoms with Crippen LogP contribution in [0.25, 0.3) is 0 Å². The quantitative estimate of drug-likeness (QED) is 0.668. The van der Waals surface area contributed by atoms with E-state index in [2.05, 4.69) is 10.4 Å². The Morgan fingerprint density at radius 1 is 1.50 bits per heavy atom. The average molecular weight is 195 g/mol. The van der Waals surface area contributed by atoms with Crippen molar-refractivity contribution in [3.63, 3.8) is 0 Å². The molecule has 0 amide bonds. The normalized spacial score (nSPS) is 20.4. The van der Waals surface area contributed by atoms with Crippen LogP contribution in [0, 0.1) is 5.41 Å². The molecule has 0 aromatic carbocycles. The lowest BCUT2D eigenvalue weighted by Gasteiger charge is -2.23. The summed E-state index contributed by atoms with van der Waals surface area (Å²) >= 11 is 0. The molecule has 1 aliphatic carbocycles. The van der Waals surface area contributed by atoms with E-state index < -0.39 is 0 Å². The van der Waals surface area contributed by atoms with Gasteiger partial charge in [0.05, 0.1) is 19.3 Å². The summed E-state index contributed by atoms with van der Waals surface area (Å²) in [6.07, 6.45) is 4.43. The van der Waals surface area contributed by atoms with E-state index >= 15 is 0 Å². The maximum absolute atomic E-state index is 5.54. The highest BCUT2D eigenvalue weighted by Gasteiger charge is 2.46. The molecule has 1 spiro atoms. The number of hydrogen-bond donors (Lipinski definition) is 1. The van der Waals surface area contributed by atoms with Crippen LogP contribution in [0.3, 0.4) is 0 Å². The maximum atomic E-state index is 5.54. The molecule has 4 nitrogen and oxygen atoms in total. The molecule has 14 heavy (non-hydrogen) atoms. The molecule has 78 valence electrons. The van der Waals surface area contributed by atoms with Gasteiger partial charge in [0.15, 0.2) is 0 Å². The van der Waals surface area contributed by atoms with Gasteiger partial charge in [-0.1, -0.05) is 0 Å². The lowest BCUT2D eigenvalue weighted by atomic mass is 10.1. The van der Waals surface area contributed by atoms with Crippen molar-refractivity contribution in [3.8, 4) is 5.88 Å². The highest BCUT2D eigenvalue weighted by Crippen LogP contribution is 2.49. The topological polar surface area (TPSA) is 39.1 Å². The summed E-state index contributed by atoms with van der Waals surface area (Å²) in [5, 5.41) is 6.93. The van der Waals surface area contributed by atoms with E-state index in [0.717, 1.165) is 19.0 Å². The molecule has 1 fully saturated rings. The molecular weight excluding hydrogens is 178 g/mol.